The average molecular weight is 367 g/mol. The number of amides is 1. The van der Waals surface area contributed by atoms with Crippen LogP contribution in [0.15, 0.2) is 0 Å². The first-order valence-corrected chi connectivity index (χ1v) is 8.73. The van der Waals surface area contributed by atoms with Gasteiger partial charge in [-0.1, -0.05) is 19.3 Å². The van der Waals surface area contributed by atoms with E-state index in [1.165, 1.54) is 0 Å². The molecule has 0 bridgehead atoms. The molecule has 2 aliphatic rings. The van der Waals surface area contributed by atoms with E-state index in [0.717, 1.165) is 38.1 Å². The zero-order valence-electron chi connectivity index (χ0n) is 14.4. The number of alkyl halides is 3. The third-order valence-corrected chi connectivity index (χ3v) is 4.96. The molecule has 2 rings (SSSR count). The number of hydrogen-bond acceptors (Lipinski definition) is 4. The maximum atomic E-state index is 13.8. The Kier molecular flexibility index (Phi) is 6.67. The molecule has 0 aromatic rings. The van der Waals surface area contributed by atoms with E-state index in [-0.39, 0.29) is 12.6 Å². The topological polar surface area (TPSA) is 81.2 Å². The van der Waals surface area contributed by atoms with Crippen molar-refractivity contribution in [2.75, 3.05) is 20.3 Å². The third kappa shape index (κ3) is 4.63. The van der Waals surface area contributed by atoms with Gasteiger partial charge in [0.05, 0.1) is 7.11 Å². The van der Waals surface area contributed by atoms with Crippen LogP contribution < -0.4 is 10.6 Å². The van der Waals surface area contributed by atoms with Crippen molar-refractivity contribution >= 4 is 11.9 Å². The molecule has 2 atom stereocenters. The van der Waals surface area contributed by atoms with Crippen LogP contribution in [0.25, 0.3) is 0 Å². The molecule has 0 unspecified atom stereocenters. The van der Waals surface area contributed by atoms with Crippen LogP contribution in [0.1, 0.15) is 44.9 Å². The lowest BCUT2D eigenvalue weighted by atomic mass is 9.88. The third-order valence-electron chi connectivity index (χ3n) is 4.96. The predicted molar refractivity (Wildman–Crippen MR) is 81.3 cm³/mol. The Morgan fingerprint density at radius 2 is 1.84 bits per heavy atom. The van der Waals surface area contributed by atoms with Crippen molar-refractivity contribution < 1.29 is 37.6 Å². The maximum absolute atomic E-state index is 13.8. The number of ether oxygens (including phenoxy) is 2. The quantitative estimate of drug-likeness (QED) is 0.539. The molecule has 0 aromatic carbocycles. The molecule has 3 N–H and O–H groups in total. The molecule has 1 heterocycles. The van der Waals surface area contributed by atoms with Gasteiger partial charge in [-0.3, -0.25) is 10.1 Å². The fourth-order valence-electron chi connectivity index (χ4n) is 3.45. The van der Waals surface area contributed by atoms with Gasteiger partial charge in [0, 0.05) is 12.5 Å². The second kappa shape index (κ2) is 8.35. The highest BCUT2D eigenvalue weighted by Crippen LogP contribution is 2.29. The number of esters is 1. The fraction of sp³-hybridized carbons (Fsp3) is 0.875. The number of carbonyl (C=O) groups excluding carboxylic acids is 2. The number of nitrogens with one attached hydrogen (secondary N) is 1. The summed E-state index contributed by atoms with van der Waals surface area (Å²) in [6.07, 6.45) is -0.340. The lowest BCUT2D eigenvalue weighted by Crippen LogP contribution is -3.07. The van der Waals surface area contributed by atoms with E-state index in [0.29, 0.717) is 25.9 Å². The standard InChI is InChI=1S/C16H25F3N2O4/c1-24-14(23)15(16(17,18)19,20-10-12-8-5-9-25-12)21-13(22)11-6-3-2-4-7-11/h11-12,20H,2-10H2,1H3,(H,21,22)/p+1/t12-,15+/m1/s1. The highest BCUT2D eigenvalue weighted by Gasteiger charge is 2.67. The minimum atomic E-state index is -5.00. The Morgan fingerprint density at radius 3 is 2.36 bits per heavy atom. The molecule has 1 aliphatic carbocycles. The van der Waals surface area contributed by atoms with Crippen LogP contribution in [0, 0.1) is 5.92 Å². The maximum Gasteiger partial charge on any atom is 0.478 e. The molecule has 1 saturated carbocycles. The van der Waals surface area contributed by atoms with Crippen molar-refractivity contribution in [3.05, 3.63) is 0 Å². The van der Waals surface area contributed by atoms with Gasteiger partial charge in [0.2, 0.25) is 5.91 Å². The van der Waals surface area contributed by atoms with Crippen LogP contribution >= 0.6 is 0 Å². The van der Waals surface area contributed by atoms with Crippen LogP contribution in [0.5, 0.6) is 0 Å². The van der Waals surface area contributed by atoms with Crippen LogP contribution in [-0.4, -0.2) is 50.1 Å². The van der Waals surface area contributed by atoms with E-state index in [9.17, 15) is 22.8 Å². The van der Waals surface area contributed by atoms with Crippen molar-refractivity contribution in [2.24, 2.45) is 5.92 Å². The van der Waals surface area contributed by atoms with Gasteiger partial charge in [-0.2, -0.15) is 13.2 Å². The molecule has 9 heteroatoms. The molecular weight excluding hydrogens is 341 g/mol. The number of halogens is 3. The van der Waals surface area contributed by atoms with Crippen molar-refractivity contribution in [2.45, 2.75) is 62.9 Å². The number of methoxy groups -OCH3 is 1. The van der Waals surface area contributed by atoms with Crippen LogP contribution in [0.3, 0.4) is 0 Å². The van der Waals surface area contributed by atoms with Gasteiger partial charge in [-0.05, 0) is 25.7 Å². The van der Waals surface area contributed by atoms with Crippen LogP contribution in [0.2, 0.25) is 0 Å². The first-order valence-electron chi connectivity index (χ1n) is 8.73. The highest BCUT2D eigenvalue weighted by atomic mass is 19.4. The number of rotatable bonds is 6. The monoisotopic (exact) mass is 367 g/mol. The van der Waals surface area contributed by atoms with Gasteiger partial charge >= 0.3 is 17.8 Å². The zero-order chi connectivity index (χ0) is 18.5. The summed E-state index contributed by atoms with van der Waals surface area (Å²) in [5, 5.41) is 2.77. The molecule has 1 aliphatic heterocycles. The molecule has 0 aromatic heterocycles. The smallest absolute Gasteiger partial charge is 0.463 e. The summed E-state index contributed by atoms with van der Waals surface area (Å²) in [6, 6.07) is 0. The number of hydrogen-bond donors (Lipinski definition) is 2. The van der Waals surface area contributed by atoms with Crippen molar-refractivity contribution in [1.29, 1.82) is 0 Å². The fourth-order valence-corrected chi connectivity index (χ4v) is 3.45. The number of quaternary nitrogens is 1. The van der Waals surface area contributed by atoms with Gasteiger partial charge in [0.25, 0.3) is 0 Å². The highest BCUT2D eigenvalue weighted by molar-refractivity contribution is 5.88. The van der Waals surface area contributed by atoms with E-state index >= 15 is 0 Å². The summed E-state index contributed by atoms with van der Waals surface area (Å²) in [4.78, 5) is 24.5. The summed E-state index contributed by atoms with van der Waals surface area (Å²) in [5.41, 5.74) is -3.14. The summed E-state index contributed by atoms with van der Waals surface area (Å²) in [6.45, 7) is 0.406. The summed E-state index contributed by atoms with van der Waals surface area (Å²) >= 11 is 0. The average Bonchev–Trinajstić information content (AvgIpc) is 3.11. The molecule has 6 nitrogen and oxygen atoms in total. The van der Waals surface area contributed by atoms with Crippen molar-refractivity contribution in [1.82, 2.24) is 5.32 Å². The number of carbonyl (C=O) groups is 2. The van der Waals surface area contributed by atoms with E-state index in [1.54, 1.807) is 0 Å². The minimum Gasteiger partial charge on any atom is -0.463 e. The first kappa shape index (κ1) is 20.0. The van der Waals surface area contributed by atoms with Crippen molar-refractivity contribution in [3.63, 3.8) is 0 Å². The zero-order valence-corrected chi connectivity index (χ0v) is 14.4. The largest absolute Gasteiger partial charge is 0.478 e. The molecular formula is C16H26F3N2O4+. The molecule has 0 spiro atoms. The van der Waals surface area contributed by atoms with Crippen LogP contribution in [0.4, 0.5) is 13.2 Å². The Morgan fingerprint density at radius 1 is 1.16 bits per heavy atom. The van der Waals surface area contributed by atoms with Gasteiger partial charge in [0.1, 0.15) is 12.6 Å². The van der Waals surface area contributed by atoms with E-state index in [2.05, 4.69) is 4.74 Å². The van der Waals surface area contributed by atoms with E-state index in [4.69, 9.17) is 4.74 Å². The second-order valence-corrected chi connectivity index (χ2v) is 6.70. The van der Waals surface area contributed by atoms with Crippen LogP contribution in [-0.2, 0) is 19.1 Å². The van der Waals surface area contributed by atoms with Crippen molar-refractivity contribution in [3.8, 4) is 0 Å². The Labute approximate surface area is 144 Å². The normalized spacial score (nSPS) is 24.6. The van der Waals surface area contributed by atoms with Gasteiger partial charge in [0.15, 0.2) is 0 Å². The minimum absolute atomic E-state index is 0.0838. The van der Waals surface area contributed by atoms with Gasteiger partial charge < -0.3 is 14.8 Å². The summed E-state index contributed by atoms with van der Waals surface area (Å²) < 4.78 is 51.2. The molecule has 1 saturated heterocycles. The SMILES string of the molecule is COC(=O)[C@@](NC(=O)C1CCCCC1)([NH2+]C[C@H]1CCCO1)C(F)(F)F. The summed E-state index contributed by atoms with van der Waals surface area (Å²) in [5.74, 6) is -2.77. The van der Waals surface area contributed by atoms with E-state index in [1.807, 2.05) is 5.32 Å². The Balaban J connectivity index is 2.18. The first-order chi connectivity index (χ1) is 11.8. The Hall–Kier alpha value is -1.35. The second-order valence-electron chi connectivity index (χ2n) is 6.70. The lowest BCUT2D eigenvalue weighted by molar-refractivity contribution is -0.748. The van der Waals surface area contributed by atoms with Gasteiger partial charge in [-0.25, -0.2) is 4.79 Å². The van der Waals surface area contributed by atoms with E-state index < -0.39 is 29.6 Å². The molecule has 0 radical (unpaired) electrons. The molecule has 2 fully saturated rings. The van der Waals surface area contributed by atoms with Gasteiger partial charge in [-0.15, -0.1) is 0 Å². The summed E-state index contributed by atoms with van der Waals surface area (Å²) in [7, 11) is 0.884. The number of nitrogens with two attached hydrogens (primary N) is 1. The lowest BCUT2D eigenvalue weighted by Gasteiger charge is -2.33. The Bertz CT molecular complexity index is 474. The predicted octanol–water partition coefficient (Wildman–Crippen LogP) is 0.857. The molecule has 25 heavy (non-hydrogen) atoms. The molecule has 1 amide bonds. The molecule has 144 valence electrons.